The summed E-state index contributed by atoms with van der Waals surface area (Å²) < 4.78 is 5.69. The first-order valence-corrected chi connectivity index (χ1v) is 8.75. The van der Waals surface area contributed by atoms with Gasteiger partial charge in [0.05, 0.1) is 22.9 Å². The second-order valence-corrected chi connectivity index (χ2v) is 6.68. The summed E-state index contributed by atoms with van der Waals surface area (Å²) in [7, 11) is 1.32. The van der Waals surface area contributed by atoms with Gasteiger partial charge in [-0.15, -0.1) is 0 Å². The van der Waals surface area contributed by atoms with Gasteiger partial charge in [-0.3, -0.25) is 10.1 Å². The van der Waals surface area contributed by atoms with E-state index < -0.39 is 5.97 Å². The van der Waals surface area contributed by atoms with Gasteiger partial charge in [-0.1, -0.05) is 41.7 Å². The van der Waals surface area contributed by atoms with E-state index in [1.54, 1.807) is 24.3 Å². The third kappa shape index (κ3) is 2.91. The standard InChI is InChI=1S/C20H14N2O3S/c1-25-19(24)14-8-6-13(7-9-14)18(23)22-20-21-16-11-10-12-4-2-3-5-15(12)17(16)26-20/h2-11H,1H3,(H,21,22,23). The Hall–Kier alpha value is -3.25. The molecular weight excluding hydrogens is 348 g/mol. The van der Waals surface area contributed by atoms with Gasteiger partial charge in [0, 0.05) is 10.9 Å². The van der Waals surface area contributed by atoms with Gasteiger partial charge < -0.3 is 4.74 Å². The van der Waals surface area contributed by atoms with Crippen LogP contribution in [0.2, 0.25) is 0 Å². The number of ether oxygens (including phenoxy) is 1. The Kier molecular flexibility index (Phi) is 4.10. The lowest BCUT2D eigenvalue weighted by Crippen LogP contribution is -2.12. The molecule has 0 radical (unpaired) electrons. The molecule has 4 aromatic rings. The van der Waals surface area contributed by atoms with Crippen LogP contribution in [0.5, 0.6) is 0 Å². The van der Waals surface area contributed by atoms with E-state index in [1.807, 2.05) is 30.3 Å². The molecule has 3 aromatic carbocycles. The number of nitrogens with one attached hydrogen (secondary N) is 1. The van der Waals surface area contributed by atoms with E-state index in [1.165, 1.54) is 18.4 Å². The number of nitrogens with zero attached hydrogens (tertiary/aromatic N) is 1. The summed E-state index contributed by atoms with van der Waals surface area (Å²) in [4.78, 5) is 28.4. The number of carbonyl (C=O) groups is 2. The van der Waals surface area contributed by atoms with Crippen LogP contribution in [0, 0.1) is 0 Å². The maximum Gasteiger partial charge on any atom is 0.337 e. The number of aromatic nitrogens is 1. The number of benzene rings is 3. The quantitative estimate of drug-likeness (QED) is 0.545. The van der Waals surface area contributed by atoms with Gasteiger partial charge in [-0.2, -0.15) is 0 Å². The molecule has 0 atom stereocenters. The van der Waals surface area contributed by atoms with Crippen molar-refractivity contribution in [2.24, 2.45) is 0 Å². The van der Waals surface area contributed by atoms with E-state index >= 15 is 0 Å². The van der Waals surface area contributed by atoms with Crippen molar-refractivity contribution >= 4 is 49.3 Å². The smallest absolute Gasteiger partial charge is 0.337 e. The largest absolute Gasteiger partial charge is 0.465 e. The van der Waals surface area contributed by atoms with Gasteiger partial charge in [0.2, 0.25) is 0 Å². The van der Waals surface area contributed by atoms with Crippen LogP contribution in [0.3, 0.4) is 0 Å². The summed E-state index contributed by atoms with van der Waals surface area (Å²) in [5, 5.41) is 5.62. The Balaban J connectivity index is 1.61. The highest BCUT2D eigenvalue weighted by Crippen LogP contribution is 2.32. The predicted molar refractivity (Wildman–Crippen MR) is 103 cm³/mol. The molecule has 1 amide bonds. The average Bonchev–Trinajstić information content (AvgIpc) is 3.10. The van der Waals surface area contributed by atoms with Crippen LogP contribution in [0.4, 0.5) is 5.13 Å². The molecule has 1 N–H and O–H groups in total. The van der Waals surface area contributed by atoms with Gasteiger partial charge in [-0.05, 0) is 35.7 Å². The van der Waals surface area contributed by atoms with Crippen molar-refractivity contribution < 1.29 is 14.3 Å². The number of hydrogen-bond acceptors (Lipinski definition) is 5. The minimum Gasteiger partial charge on any atom is -0.465 e. The van der Waals surface area contributed by atoms with E-state index in [0.717, 1.165) is 21.0 Å². The van der Waals surface area contributed by atoms with Gasteiger partial charge in [0.25, 0.3) is 5.91 Å². The third-order valence-electron chi connectivity index (χ3n) is 4.07. The molecule has 0 aliphatic heterocycles. The summed E-state index contributed by atoms with van der Waals surface area (Å²) >= 11 is 1.44. The van der Waals surface area contributed by atoms with Crippen molar-refractivity contribution in [3.63, 3.8) is 0 Å². The van der Waals surface area contributed by atoms with Gasteiger partial charge in [-0.25, -0.2) is 9.78 Å². The van der Waals surface area contributed by atoms with Gasteiger partial charge in [0.1, 0.15) is 0 Å². The van der Waals surface area contributed by atoms with E-state index in [0.29, 0.717) is 16.3 Å². The molecule has 128 valence electrons. The van der Waals surface area contributed by atoms with E-state index in [2.05, 4.69) is 21.1 Å². The highest BCUT2D eigenvalue weighted by Gasteiger charge is 2.12. The molecule has 0 aliphatic rings. The Morgan fingerprint density at radius 3 is 2.46 bits per heavy atom. The first kappa shape index (κ1) is 16.2. The zero-order valence-corrected chi connectivity index (χ0v) is 14.7. The normalized spacial score (nSPS) is 10.8. The zero-order valence-electron chi connectivity index (χ0n) is 13.9. The number of anilines is 1. The fourth-order valence-electron chi connectivity index (χ4n) is 2.75. The van der Waals surface area contributed by atoms with Crippen LogP contribution < -0.4 is 5.32 Å². The highest BCUT2D eigenvalue weighted by atomic mass is 32.1. The van der Waals surface area contributed by atoms with Crippen LogP contribution in [0.25, 0.3) is 21.0 Å². The summed E-state index contributed by atoms with van der Waals surface area (Å²) in [6.45, 7) is 0. The molecule has 0 saturated carbocycles. The van der Waals surface area contributed by atoms with Crippen molar-refractivity contribution in [3.05, 3.63) is 71.8 Å². The fourth-order valence-corrected chi connectivity index (χ4v) is 3.75. The first-order valence-electron chi connectivity index (χ1n) is 7.94. The van der Waals surface area contributed by atoms with Crippen molar-refractivity contribution in [2.45, 2.75) is 0 Å². The van der Waals surface area contributed by atoms with Crippen LogP contribution >= 0.6 is 11.3 Å². The van der Waals surface area contributed by atoms with Crippen molar-refractivity contribution in [1.29, 1.82) is 0 Å². The SMILES string of the molecule is COC(=O)c1ccc(C(=O)Nc2nc3ccc4ccccc4c3s2)cc1. The number of hydrogen-bond donors (Lipinski definition) is 1. The van der Waals surface area contributed by atoms with E-state index in [-0.39, 0.29) is 5.91 Å². The molecule has 0 unspecified atom stereocenters. The summed E-state index contributed by atoms with van der Waals surface area (Å²) in [6, 6.07) is 18.4. The van der Waals surface area contributed by atoms with Crippen LogP contribution in [0.1, 0.15) is 20.7 Å². The zero-order chi connectivity index (χ0) is 18.1. The molecule has 1 heterocycles. The van der Waals surface area contributed by atoms with E-state index in [4.69, 9.17) is 0 Å². The van der Waals surface area contributed by atoms with Crippen LogP contribution in [-0.2, 0) is 4.74 Å². The lowest BCUT2D eigenvalue weighted by molar-refractivity contribution is 0.0600. The summed E-state index contributed by atoms with van der Waals surface area (Å²) in [5.41, 5.74) is 1.70. The second-order valence-electron chi connectivity index (χ2n) is 5.68. The lowest BCUT2D eigenvalue weighted by Gasteiger charge is -2.03. The number of fused-ring (bicyclic) bond motifs is 3. The Morgan fingerprint density at radius 1 is 0.962 bits per heavy atom. The number of thiazole rings is 1. The Labute approximate surface area is 153 Å². The summed E-state index contributed by atoms with van der Waals surface area (Å²) in [5.74, 6) is -0.709. The molecule has 0 bridgehead atoms. The minimum absolute atomic E-state index is 0.273. The van der Waals surface area contributed by atoms with Crippen LogP contribution in [0.15, 0.2) is 60.7 Å². The Bertz CT molecular complexity index is 1130. The van der Waals surface area contributed by atoms with Gasteiger partial charge in [0.15, 0.2) is 5.13 Å². The van der Waals surface area contributed by atoms with Gasteiger partial charge >= 0.3 is 5.97 Å². The second kappa shape index (κ2) is 6.57. The highest BCUT2D eigenvalue weighted by molar-refractivity contribution is 7.23. The molecule has 0 spiro atoms. The molecule has 4 rings (SSSR count). The maximum atomic E-state index is 12.4. The van der Waals surface area contributed by atoms with E-state index in [9.17, 15) is 9.59 Å². The average molecular weight is 362 g/mol. The maximum absolute atomic E-state index is 12.4. The van der Waals surface area contributed by atoms with Crippen molar-refractivity contribution in [2.75, 3.05) is 12.4 Å². The molecule has 6 heteroatoms. The monoisotopic (exact) mass is 362 g/mol. The number of esters is 1. The topological polar surface area (TPSA) is 68.3 Å². The molecule has 1 aromatic heterocycles. The number of carbonyl (C=O) groups excluding carboxylic acids is 2. The number of rotatable bonds is 3. The predicted octanol–water partition coefficient (Wildman–Crippen LogP) is 4.49. The lowest BCUT2D eigenvalue weighted by atomic mass is 10.1. The summed E-state index contributed by atoms with van der Waals surface area (Å²) in [6.07, 6.45) is 0. The first-order chi connectivity index (χ1) is 12.7. The molecule has 0 aliphatic carbocycles. The minimum atomic E-state index is -0.435. The molecule has 0 fully saturated rings. The molecular formula is C20H14N2O3S. The van der Waals surface area contributed by atoms with Crippen LogP contribution in [-0.4, -0.2) is 24.0 Å². The number of methoxy groups -OCH3 is 1. The molecule has 5 nitrogen and oxygen atoms in total. The van der Waals surface area contributed by atoms with Crippen molar-refractivity contribution in [3.8, 4) is 0 Å². The number of amides is 1. The Morgan fingerprint density at radius 2 is 1.69 bits per heavy atom. The fraction of sp³-hybridized carbons (Fsp3) is 0.0500. The third-order valence-corrected chi connectivity index (χ3v) is 5.09. The van der Waals surface area contributed by atoms with Crippen molar-refractivity contribution in [1.82, 2.24) is 4.98 Å². The molecule has 26 heavy (non-hydrogen) atoms. The molecule has 0 saturated heterocycles.